The molecule has 1 aliphatic heterocycles. The predicted molar refractivity (Wildman–Crippen MR) is 104 cm³/mol. The summed E-state index contributed by atoms with van der Waals surface area (Å²) >= 11 is 12.4. The van der Waals surface area contributed by atoms with Gasteiger partial charge in [-0.2, -0.15) is 0 Å². The predicted octanol–water partition coefficient (Wildman–Crippen LogP) is 6.07. The molecule has 2 heterocycles. The van der Waals surface area contributed by atoms with Crippen LogP contribution in [0.25, 0.3) is 0 Å². The summed E-state index contributed by atoms with van der Waals surface area (Å²) in [5.74, 6) is -1.65. The summed E-state index contributed by atoms with van der Waals surface area (Å²) in [6.07, 6.45) is 3.03. The topological polar surface area (TPSA) is 8.17 Å². The van der Waals surface area contributed by atoms with E-state index >= 15 is 0 Å². The fourth-order valence-corrected chi connectivity index (χ4v) is 4.05. The van der Waals surface area contributed by atoms with Crippen molar-refractivity contribution in [1.29, 1.82) is 0 Å². The van der Waals surface area contributed by atoms with Crippen LogP contribution >= 0.6 is 23.2 Å². The van der Waals surface area contributed by atoms with Crippen molar-refractivity contribution in [2.45, 2.75) is 25.6 Å². The zero-order valence-corrected chi connectivity index (χ0v) is 16.0. The van der Waals surface area contributed by atoms with Gasteiger partial charge >= 0.3 is 0 Å². The maximum Gasteiger partial charge on any atom is 0.159 e. The Morgan fingerprint density at radius 1 is 0.926 bits per heavy atom. The van der Waals surface area contributed by atoms with Crippen molar-refractivity contribution >= 4 is 23.2 Å². The highest BCUT2D eigenvalue weighted by Gasteiger charge is 2.28. The minimum atomic E-state index is -0.829. The number of aromatic nitrogens is 1. The van der Waals surface area contributed by atoms with Crippen molar-refractivity contribution in [3.63, 3.8) is 0 Å². The molecule has 0 bridgehead atoms. The van der Waals surface area contributed by atoms with Gasteiger partial charge in [0, 0.05) is 31.5 Å². The molecule has 1 aliphatic rings. The van der Waals surface area contributed by atoms with E-state index in [1.807, 2.05) is 18.2 Å². The molecule has 4 rings (SSSR count). The minimum absolute atomic E-state index is 0.0506. The largest absolute Gasteiger partial charge is 0.350 e. The fraction of sp³-hybridized carbons (Fsp3) is 0.238. The van der Waals surface area contributed by atoms with Gasteiger partial charge in [-0.15, -0.1) is 0 Å². The van der Waals surface area contributed by atoms with E-state index in [0.717, 1.165) is 36.3 Å². The molecule has 6 heteroatoms. The Morgan fingerprint density at radius 2 is 1.78 bits per heavy atom. The maximum atomic E-state index is 13.7. The van der Waals surface area contributed by atoms with Crippen molar-refractivity contribution < 1.29 is 8.78 Å². The molecule has 1 atom stereocenters. The van der Waals surface area contributed by atoms with Gasteiger partial charge in [-0.1, -0.05) is 35.3 Å². The molecule has 0 saturated carbocycles. The molecule has 0 aliphatic carbocycles. The Balaban J connectivity index is 1.75. The Kier molecular flexibility index (Phi) is 5.22. The van der Waals surface area contributed by atoms with Crippen LogP contribution in [0, 0.1) is 11.6 Å². The quantitative estimate of drug-likeness (QED) is 0.512. The van der Waals surface area contributed by atoms with Gasteiger partial charge in [0.15, 0.2) is 11.6 Å². The summed E-state index contributed by atoms with van der Waals surface area (Å²) in [5, 5.41) is 1.01. The monoisotopic (exact) mass is 406 g/mol. The second-order valence-corrected chi connectivity index (χ2v) is 7.59. The summed E-state index contributed by atoms with van der Waals surface area (Å²) in [6.45, 7) is 2.24. The molecule has 3 aromatic rings. The standard InChI is InChI=1S/C21H18Cl2F2N2/c22-16-6-5-15(12-17(16)23)21-20-3-1-8-26(20)9-2-10-27(21)13-14-4-7-18(24)19(25)11-14/h1,3-8,11-12,21H,2,9-10,13H2/t21-/m0/s1. The van der Waals surface area contributed by atoms with E-state index in [-0.39, 0.29) is 6.04 Å². The molecule has 0 unspecified atom stereocenters. The third-order valence-electron chi connectivity index (χ3n) is 4.98. The van der Waals surface area contributed by atoms with Crippen LogP contribution in [0.4, 0.5) is 8.78 Å². The molecule has 2 aromatic carbocycles. The Morgan fingerprint density at radius 3 is 2.56 bits per heavy atom. The van der Waals surface area contributed by atoms with Crippen LogP contribution in [-0.4, -0.2) is 16.0 Å². The maximum absolute atomic E-state index is 13.7. The van der Waals surface area contributed by atoms with Gasteiger partial charge in [0.2, 0.25) is 0 Å². The van der Waals surface area contributed by atoms with Crippen molar-refractivity contribution in [1.82, 2.24) is 9.47 Å². The van der Waals surface area contributed by atoms with Gasteiger partial charge in [-0.25, -0.2) is 8.78 Å². The first kappa shape index (κ1) is 18.5. The highest BCUT2D eigenvalue weighted by Crippen LogP contribution is 2.35. The molecule has 27 heavy (non-hydrogen) atoms. The van der Waals surface area contributed by atoms with Crippen LogP contribution in [0.5, 0.6) is 0 Å². The number of aryl methyl sites for hydroxylation is 1. The zero-order valence-electron chi connectivity index (χ0n) is 14.5. The van der Waals surface area contributed by atoms with Crippen LogP contribution in [0.2, 0.25) is 10.0 Å². The lowest BCUT2D eigenvalue weighted by Gasteiger charge is -2.31. The van der Waals surface area contributed by atoms with Crippen LogP contribution in [0.3, 0.4) is 0 Å². The van der Waals surface area contributed by atoms with Gasteiger partial charge in [0.1, 0.15) is 0 Å². The van der Waals surface area contributed by atoms with Gasteiger partial charge < -0.3 is 4.57 Å². The van der Waals surface area contributed by atoms with Gasteiger partial charge in [-0.05, 0) is 53.9 Å². The van der Waals surface area contributed by atoms with Crippen molar-refractivity contribution in [3.8, 4) is 0 Å². The highest BCUT2D eigenvalue weighted by atomic mass is 35.5. The molecule has 0 radical (unpaired) electrons. The summed E-state index contributed by atoms with van der Waals surface area (Å²) in [5.41, 5.74) is 2.90. The number of rotatable bonds is 3. The van der Waals surface area contributed by atoms with E-state index in [4.69, 9.17) is 23.2 Å². The number of halogens is 4. The number of hydrogen-bond acceptors (Lipinski definition) is 1. The van der Waals surface area contributed by atoms with Crippen molar-refractivity contribution in [2.24, 2.45) is 0 Å². The molecule has 140 valence electrons. The first-order valence-electron chi connectivity index (χ1n) is 8.81. The number of benzene rings is 2. The lowest BCUT2D eigenvalue weighted by Crippen LogP contribution is -2.29. The molecule has 0 amide bonds. The number of hydrogen-bond donors (Lipinski definition) is 0. The van der Waals surface area contributed by atoms with Crippen LogP contribution < -0.4 is 0 Å². The second-order valence-electron chi connectivity index (χ2n) is 6.78. The Hall–Kier alpha value is -1.88. The highest BCUT2D eigenvalue weighted by molar-refractivity contribution is 6.42. The van der Waals surface area contributed by atoms with Gasteiger partial charge in [0.25, 0.3) is 0 Å². The van der Waals surface area contributed by atoms with E-state index < -0.39 is 11.6 Å². The zero-order chi connectivity index (χ0) is 19.0. The third kappa shape index (κ3) is 3.75. The molecule has 1 aromatic heterocycles. The normalized spacial score (nSPS) is 17.6. The van der Waals surface area contributed by atoms with E-state index in [0.29, 0.717) is 16.6 Å². The number of nitrogens with zero attached hydrogens (tertiary/aromatic N) is 2. The Bertz CT molecular complexity index is 971. The SMILES string of the molecule is Fc1ccc(CN2CCCn3cccc3[C@@H]2c2ccc(Cl)c(Cl)c2)cc1F. The van der Waals surface area contributed by atoms with Crippen LogP contribution in [0.15, 0.2) is 54.7 Å². The first-order valence-corrected chi connectivity index (χ1v) is 9.56. The van der Waals surface area contributed by atoms with Crippen molar-refractivity contribution in [2.75, 3.05) is 6.54 Å². The van der Waals surface area contributed by atoms with E-state index in [1.54, 1.807) is 12.1 Å². The molecule has 2 nitrogen and oxygen atoms in total. The van der Waals surface area contributed by atoms with Crippen molar-refractivity contribution in [3.05, 3.63) is 93.2 Å². The summed E-state index contributed by atoms with van der Waals surface area (Å²) in [4.78, 5) is 2.27. The third-order valence-corrected chi connectivity index (χ3v) is 5.72. The minimum Gasteiger partial charge on any atom is -0.350 e. The summed E-state index contributed by atoms with van der Waals surface area (Å²) in [6, 6.07) is 13.8. The summed E-state index contributed by atoms with van der Waals surface area (Å²) in [7, 11) is 0. The molecule has 0 spiro atoms. The first-order chi connectivity index (χ1) is 13.0. The molecule has 0 saturated heterocycles. The van der Waals surface area contributed by atoms with Gasteiger partial charge in [-0.3, -0.25) is 4.90 Å². The fourth-order valence-electron chi connectivity index (χ4n) is 3.75. The lowest BCUT2D eigenvalue weighted by atomic mass is 10.0. The summed E-state index contributed by atoms with van der Waals surface area (Å²) < 4.78 is 29.2. The number of fused-ring (bicyclic) bond motifs is 1. The average Bonchev–Trinajstić information content (AvgIpc) is 3.02. The average molecular weight is 407 g/mol. The smallest absolute Gasteiger partial charge is 0.159 e. The lowest BCUT2D eigenvalue weighted by molar-refractivity contribution is 0.220. The Labute approximate surface area is 166 Å². The van der Waals surface area contributed by atoms with E-state index in [2.05, 4.69) is 21.7 Å². The molecular weight excluding hydrogens is 389 g/mol. The van der Waals surface area contributed by atoms with Gasteiger partial charge in [0.05, 0.1) is 16.1 Å². The molecule has 0 N–H and O–H groups in total. The molecule has 0 fully saturated rings. The van der Waals surface area contributed by atoms with Crippen LogP contribution in [0.1, 0.15) is 29.3 Å². The molecular formula is C21H18Cl2F2N2. The second kappa shape index (κ2) is 7.63. The van der Waals surface area contributed by atoms with E-state index in [9.17, 15) is 8.78 Å². The van der Waals surface area contributed by atoms with Crippen LogP contribution in [-0.2, 0) is 13.1 Å². The van der Waals surface area contributed by atoms with E-state index in [1.165, 1.54) is 12.1 Å².